The van der Waals surface area contributed by atoms with Gasteiger partial charge in [-0.1, -0.05) is 37.6 Å². The Morgan fingerprint density at radius 3 is 2.67 bits per heavy atom. The topological polar surface area (TPSA) is 58.6 Å². The second-order valence-electron chi connectivity index (χ2n) is 6.21. The van der Waals surface area contributed by atoms with Crippen LogP contribution < -0.4 is 5.32 Å². The Morgan fingerprint density at radius 2 is 2.10 bits per heavy atom. The number of ether oxygens (including phenoxy) is 1. The molecule has 0 unspecified atom stereocenters. The lowest BCUT2D eigenvalue weighted by molar-refractivity contribution is 0.0496. The summed E-state index contributed by atoms with van der Waals surface area (Å²) in [4.78, 5) is 11.9. The Balaban J connectivity index is 2.81. The Kier molecular flexibility index (Phi) is 6.69. The molecule has 0 saturated carbocycles. The summed E-state index contributed by atoms with van der Waals surface area (Å²) in [5, 5.41) is 12.1. The second-order valence-corrected chi connectivity index (χ2v) is 6.21. The van der Waals surface area contributed by atoms with E-state index in [4.69, 9.17) is 4.74 Å². The van der Waals surface area contributed by atoms with Gasteiger partial charge >= 0.3 is 6.09 Å². The molecule has 1 atom stereocenters. The highest BCUT2D eigenvalue weighted by Gasteiger charge is 2.20. The van der Waals surface area contributed by atoms with Gasteiger partial charge in [0.1, 0.15) is 5.60 Å². The van der Waals surface area contributed by atoms with E-state index in [0.29, 0.717) is 6.42 Å². The maximum Gasteiger partial charge on any atom is 0.408 e. The maximum atomic E-state index is 11.9. The molecule has 1 aromatic rings. The lowest BCUT2D eigenvalue weighted by Gasteiger charge is -2.24. The highest BCUT2D eigenvalue weighted by atomic mass is 16.6. The SMILES string of the molecule is CCCc1cccc([C@@H](CCO)NC(=O)OC(C)(C)C)c1. The van der Waals surface area contributed by atoms with E-state index in [2.05, 4.69) is 24.4 Å². The highest BCUT2D eigenvalue weighted by molar-refractivity contribution is 5.68. The molecule has 118 valence electrons. The van der Waals surface area contributed by atoms with Crippen molar-refractivity contribution in [3.8, 4) is 0 Å². The minimum Gasteiger partial charge on any atom is -0.444 e. The van der Waals surface area contributed by atoms with Crippen molar-refractivity contribution >= 4 is 6.09 Å². The fourth-order valence-electron chi connectivity index (χ4n) is 2.16. The summed E-state index contributed by atoms with van der Waals surface area (Å²) in [5.74, 6) is 0. The number of carbonyl (C=O) groups excluding carboxylic acids is 1. The van der Waals surface area contributed by atoms with Crippen LogP contribution in [0.25, 0.3) is 0 Å². The molecular formula is C17H27NO3. The Hall–Kier alpha value is -1.55. The van der Waals surface area contributed by atoms with Gasteiger partial charge < -0.3 is 15.2 Å². The number of aliphatic hydroxyl groups excluding tert-OH is 1. The van der Waals surface area contributed by atoms with Crippen molar-refractivity contribution in [2.24, 2.45) is 0 Å². The summed E-state index contributed by atoms with van der Waals surface area (Å²) >= 11 is 0. The molecular weight excluding hydrogens is 266 g/mol. The molecule has 0 aliphatic carbocycles. The van der Waals surface area contributed by atoms with Crippen LogP contribution in [0.1, 0.15) is 57.7 Å². The van der Waals surface area contributed by atoms with Crippen LogP contribution in [0.2, 0.25) is 0 Å². The van der Waals surface area contributed by atoms with Crippen LogP contribution in [0, 0.1) is 0 Å². The monoisotopic (exact) mass is 293 g/mol. The summed E-state index contributed by atoms with van der Waals surface area (Å²) in [7, 11) is 0. The predicted molar refractivity (Wildman–Crippen MR) is 84.3 cm³/mol. The summed E-state index contributed by atoms with van der Waals surface area (Å²) in [6, 6.07) is 7.89. The molecule has 0 fully saturated rings. The van der Waals surface area contributed by atoms with E-state index < -0.39 is 11.7 Å². The minimum atomic E-state index is -0.530. The van der Waals surface area contributed by atoms with Crippen molar-refractivity contribution < 1.29 is 14.6 Å². The summed E-state index contributed by atoms with van der Waals surface area (Å²) in [6.07, 6.45) is 2.09. The average molecular weight is 293 g/mol. The van der Waals surface area contributed by atoms with Crippen LogP contribution in [0.15, 0.2) is 24.3 Å². The normalized spacial score (nSPS) is 12.8. The summed E-state index contributed by atoms with van der Waals surface area (Å²) < 4.78 is 5.28. The van der Waals surface area contributed by atoms with Gasteiger partial charge in [0.25, 0.3) is 0 Å². The number of benzene rings is 1. The molecule has 1 rings (SSSR count). The molecule has 0 saturated heterocycles. The van der Waals surface area contributed by atoms with Gasteiger partial charge in [0, 0.05) is 6.61 Å². The van der Waals surface area contributed by atoms with E-state index in [-0.39, 0.29) is 12.6 Å². The Bertz CT molecular complexity index is 452. The van der Waals surface area contributed by atoms with Gasteiger partial charge in [-0.3, -0.25) is 0 Å². The zero-order valence-corrected chi connectivity index (χ0v) is 13.5. The molecule has 0 heterocycles. The highest BCUT2D eigenvalue weighted by Crippen LogP contribution is 2.19. The van der Waals surface area contributed by atoms with Crippen molar-refractivity contribution in [2.45, 2.75) is 58.6 Å². The van der Waals surface area contributed by atoms with Crippen molar-refractivity contribution in [1.29, 1.82) is 0 Å². The van der Waals surface area contributed by atoms with Gasteiger partial charge in [-0.2, -0.15) is 0 Å². The van der Waals surface area contributed by atoms with Crippen LogP contribution in [0.4, 0.5) is 4.79 Å². The lowest BCUT2D eigenvalue weighted by atomic mass is 10.00. The largest absolute Gasteiger partial charge is 0.444 e. The van der Waals surface area contributed by atoms with Crippen molar-refractivity contribution in [3.05, 3.63) is 35.4 Å². The van der Waals surface area contributed by atoms with Gasteiger partial charge in [0.2, 0.25) is 0 Å². The molecule has 0 bridgehead atoms. The smallest absolute Gasteiger partial charge is 0.408 e. The van der Waals surface area contributed by atoms with Crippen LogP contribution in [0.5, 0.6) is 0 Å². The number of carbonyl (C=O) groups is 1. The lowest BCUT2D eigenvalue weighted by Crippen LogP contribution is -2.35. The van der Waals surface area contributed by atoms with E-state index in [9.17, 15) is 9.90 Å². The first-order valence-corrected chi connectivity index (χ1v) is 7.55. The molecule has 0 aliphatic heterocycles. The zero-order valence-electron chi connectivity index (χ0n) is 13.5. The van der Waals surface area contributed by atoms with E-state index in [0.717, 1.165) is 18.4 Å². The first-order valence-electron chi connectivity index (χ1n) is 7.55. The number of aryl methyl sites for hydroxylation is 1. The Morgan fingerprint density at radius 1 is 1.38 bits per heavy atom. The molecule has 4 nitrogen and oxygen atoms in total. The minimum absolute atomic E-state index is 0.0124. The van der Waals surface area contributed by atoms with E-state index >= 15 is 0 Å². The third-order valence-electron chi connectivity index (χ3n) is 3.00. The third kappa shape index (κ3) is 6.63. The molecule has 4 heteroatoms. The molecule has 0 aromatic heterocycles. The standard InChI is InChI=1S/C17H27NO3/c1-5-7-13-8-6-9-14(12-13)15(10-11-19)18-16(20)21-17(2,3)4/h6,8-9,12,15,19H,5,7,10-11H2,1-4H3,(H,18,20)/t15-/m1/s1. The van der Waals surface area contributed by atoms with Gasteiger partial charge in [-0.25, -0.2) is 4.79 Å². The maximum absolute atomic E-state index is 11.9. The van der Waals surface area contributed by atoms with E-state index in [1.807, 2.05) is 32.9 Å². The van der Waals surface area contributed by atoms with E-state index in [1.165, 1.54) is 5.56 Å². The van der Waals surface area contributed by atoms with Gasteiger partial charge in [0.05, 0.1) is 6.04 Å². The van der Waals surface area contributed by atoms with Crippen LogP contribution in [0.3, 0.4) is 0 Å². The number of nitrogens with one attached hydrogen (secondary N) is 1. The quantitative estimate of drug-likeness (QED) is 0.842. The first kappa shape index (κ1) is 17.5. The second kappa shape index (κ2) is 8.03. The van der Waals surface area contributed by atoms with Crippen molar-refractivity contribution in [1.82, 2.24) is 5.32 Å². The number of hydrogen-bond donors (Lipinski definition) is 2. The average Bonchev–Trinajstić information content (AvgIpc) is 2.37. The zero-order chi connectivity index (χ0) is 15.9. The summed E-state index contributed by atoms with van der Waals surface area (Å²) in [6.45, 7) is 7.63. The fourth-order valence-corrected chi connectivity index (χ4v) is 2.16. The molecule has 0 spiro atoms. The van der Waals surface area contributed by atoms with E-state index in [1.54, 1.807) is 0 Å². The molecule has 2 N–H and O–H groups in total. The number of amides is 1. The van der Waals surface area contributed by atoms with Gasteiger partial charge in [0.15, 0.2) is 0 Å². The van der Waals surface area contributed by atoms with Gasteiger partial charge in [-0.05, 0) is 44.7 Å². The van der Waals surface area contributed by atoms with Crippen LogP contribution in [-0.4, -0.2) is 23.4 Å². The van der Waals surface area contributed by atoms with Crippen LogP contribution >= 0.6 is 0 Å². The van der Waals surface area contributed by atoms with Crippen molar-refractivity contribution in [2.75, 3.05) is 6.61 Å². The molecule has 0 aliphatic rings. The molecule has 1 aromatic carbocycles. The first-order chi connectivity index (χ1) is 9.85. The fraction of sp³-hybridized carbons (Fsp3) is 0.588. The number of aliphatic hydroxyl groups is 1. The van der Waals surface area contributed by atoms with Crippen molar-refractivity contribution in [3.63, 3.8) is 0 Å². The van der Waals surface area contributed by atoms with Gasteiger partial charge in [-0.15, -0.1) is 0 Å². The predicted octanol–water partition coefficient (Wildman–Crippen LogP) is 3.59. The molecule has 1 amide bonds. The molecule has 21 heavy (non-hydrogen) atoms. The third-order valence-corrected chi connectivity index (χ3v) is 3.00. The molecule has 0 radical (unpaired) electrons. The van der Waals surface area contributed by atoms with Crippen LogP contribution in [-0.2, 0) is 11.2 Å². The summed E-state index contributed by atoms with van der Waals surface area (Å²) in [5.41, 5.74) is 1.71. The Labute approximate surface area is 127 Å². The number of rotatable bonds is 6. The number of hydrogen-bond acceptors (Lipinski definition) is 3. The number of alkyl carbamates (subject to hydrolysis) is 1.